The van der Waals surface area contributed by atoms with Gasteiger partial charge in [0.25, 0.3) is 0 Å². The standard InChI is InChI=1S/C20H20N4S/c1-13-7-5-6-8-16(13)18-23-24-17(21-22-19(24)25-18)14-9-11-15(12-10-14)20(2,3)4/h5-12H,1-4H3. The Bertz CT molecular complexity index is 1040. The van der Waals surface area contributed by atoms with Crippen LogP contribution in [0.15, 0.2) is 48.5 Å². The van der Waals surface area contributed by atoms with Crippen molar-refractivity contribution in [1.82, 2.24) is 19.8 Å². The lowest BCUT2D eigenvalue weighted by Gasteiger charge is -2.18. The summed E-state index contributed by atoms with van der Waals surface area (Å²) >= 11 is 1.57. The Morgan fingerprint density at radius 1 is 0.920 bits per heavy atom. The van der Waals surface area contributed by atoms with E-state index in [0.29, 0.717) is 0 Å². The van der Waals surface area contributed by atoms with Crippen LogP contribution in [0.3, 0.4) is 0 Å². The number of aryl methyl sites for hydroxylation is 1. The van der Waals surface area contributed by atoms with Crippen LogP contribution in [-0.2, 0) is 5.41 Å². The molecule has 5 heteroatoms. The van der Waals surface area contributed by atoms with E-state index < -0.39 is 0 Å². The molecule has 0 radical (unpaired) electrons. The fourth-order valence-corrected chi connectivity index (χ4v) is 3.77. The molecule has 4 nitrogen and oxygen atoms in total. The topological polar surface area (TPSA) is 43.1 Å². The summed E-state index contributed by atoms with van der Waals surface area (Å²) in [5, 5.41) is 14.4. The highest BCUT2D eigenvalue weighted by atomic mass is 32.1. The van der Waals surface area contributed by atoms with Crippen LogP contribution in [0, 0.1) is 6.92 Å². The maximum Gasteiger partial charge on any atom is 0.235 e. The number of aromatic nitrogens is 4. The molecule has 2 heterocycles. The zero-order chi connectivity index (χ0) is 17.6. The molecule has 126 valence electrons. The van der Waals surface area contributed by atoms with Gasteiger partial charge in [-0.3, -0.25) is 0 Å². The summed E-state index contributed by atoms with van der Waals surface area (Å²) in [5.41, 5.74) is 4.82. The van der Waals surface area contributed by atoms with Gasteiger partial charge in [0, 0.05) is 11.1 Å². The first kappa shape index (κ1) is 16.0. The van der Waals surface area contributed by atoms with E-state index >= 15 is 0 Å². The Balaban J connectivity index is 1.78. The third-order valence-corrected chi connectivity index (χ3v) is 5.31. The highest BCUT2D eigenvalue weighted by Gasteiger charge is 2.17. The molecular formula is C20H20N4S. The van der Waals surface area contributed by atoms with Gasteiger partial charge >= 0.3 is 0 Å². The summed E-state index contributed by atoms with van der Waals surface area (Å²) in [6.07, 6.45) is 0. The number of benzene rings is 2. The van der Waals surface area contributed by atoms with Crippen LogP contribution in [0.2, 0.25) is 0 Å². The van der Waals surface area contributed by atoms with Crippen molar-refractivity contribution in [3.8, 4) is 22.0 Å². The van der Waals surface area contributed by atoms with Crippen LogP contribution in [-0.4, -0.2) is 19.8 Å². The monoisotopic (exact) mass is 348 g/mol. The zero-order valence-corrected chi connectivity index (χ0v) is 15.6. The largest absolute Gasteiger partial charge is 0.235 e. The normalized spacial score (nSPS) is 12.0. The molecule has 0 aliphatic heterocycles. The second-order valence-electron chi connectivity index (χ2n) is 7.27. The SMILES string of the molecule is Cc1ccccc1-c1nn2c(-c3ccc(C(C)(C)C)cc3)nnc2s1. The molecule has 0 amide bonds. The van der Waals surface area contributed by atoms with E-state index in [2.05, 4.69) is 74.3 Å². The number of hydrogen-bond donors (Lipinski definition) is 0. The fraction of sp³-hybridized carbons (Fsp3) is 0.250. The van der Waals surface area contributed by atoms with E-state index in [1.54, 1.807) is 11.3 Å². The number of nitrogens with zero attached hydrogens (tertiary/aromatic N) is 4. The summed E-state index contributed by atoms with van der Waals surface area (Å²) in [6.45, 7) is 8.74. The van der Waals surface area contributed by atoms with Gasteiger partial charge in [0.05, 0.1) is 0 Å². The van der Waals surface area contributed by atoms with Crippen molar-refractivity contribution in [1.29, 1.82) is 0 Å². The van der Waals surface area contributed by atoms with Crippen LogP contribution in [0.25, 0.3) is 26.9 Å². The Morgan fingerprint density at radius 2 is 1.64 bits per heavy atom. The quantitative estimate of drug-likeness (QED) is 0.504. The highest BCUT2D eigenvalue weighted by molar-refractivity contribution is 7.19. The fourth-order valence-electron chi connectivity index (χ4n) is 2.84. The van der Waals surface area contributed by atoms with E-state index in [4.69, 9.17) is 5.10 Å². The minimum absolute atomic E-state index is 0.136. The van der Waals surface area contributed by atoms with Crippen molar-refractivity contribution in [2.45, 2.75) is 33.1 Å². The lowest BCUT2D eigenvalue weighted by molar-refractivity contribution is 0.590. The molecule has 0 saturated heterocycles. The van der Waals surface area contributed by atoms with Crippen LogP contribution in [0.1, 0.15) is 31.9 Å². The molecule has 2 aromatic heterocycles. The van der Waals surface area contributed by atoms with Crippen molar-refractivity contribution in [2.75, 3.05) is 0 Å². The first-order chi connectivity index (χ1) is 11.9. The molecule has 0 aliphatic carbocycles. The molecule has 0 bridgehead atoms. The van der Waals surface area contributed by atoms with Gasteiger partial charge in [0.1, 0.15) is 5.01 Å². The van der Waals surface area contributed by atoms with E-state index in [-0.39, 0.29) is 5.41 Å². The van der Waals surface area contributed by atoms with Crippen LogP contribution in [0.5, 0.6) is 0 Å². The second kappa shape index (κ2) is 5.77. The molecule has 2 aromatic carbocycles. The first-order valence-corrected chi connectivity index (χ1v) is 9.14. The van der Waals surface area contributed by atoms with Crippen molar-refractivity contribution < 1.29 is 0 Å². The zero-order valence-electron chi connectivity index (χ0n) is 14.8. The van der Waals surface area contributed by atoms with Gasteiger partial charge in [-0.05, 0) is 23.5 Å². The Hall–Kier alpha value is -2.53. The van der Waals surface area contributed by atoms with Crippen molar-refractivity contribution in [2.24, 2.45) is 0 Å². The predicted octanol–water partition coefficient (Wildman–Crippen LogP) is 5.13. The van der Waals surface area contributed by atoms with Gasteiger partial charge in [-0.2, -0.15) is 9.61 Å². The van der Waals surface area contributed by atoms with E-state index in [1.165, 1.54) is 11.1 Å². The van der Waals surface area contributed by atoms with Crippen LogP contribution < -0.4 is 0 Å². The second-order valence-corrected chi connectivity index (χ2v) is 8.22. The summed E-state index contributed by atoms with van der Waals surface area (Å²) in [6, 6.07) is 16.8. The average molecular weight is 348 g/mol. The minimum Gasteiger partial charge on any atom is -0.182 e. The smallest absolute Gasteiger partial charge is 0.182 e. The molecule has 0 fully saturated rings. The number of rotatable bonds is 2. The van der Waals surface area contributed by atoms with Gasteiger partial charge in [0.15, 0.2) is 5.82 Å². The summed E-state index contributed by atoms with van der Waals surface area (Å²) in [7, 11) is 0. The molecular weight excluding hydrogens is 328 g/mol. The lowest BCUT2D eigenvalue weighted by atomic mass is 9.87. The minimum atomic E-state index is 0.136. The molecule has 0 N–H and O–H groups in total. The van der Waals surface area contributed by atoms with E-state index in [1.807, 2.05) is 16.6 Å². The van der Waals surface area contributed by atoms with E-state index in [0.717, 1.165) is 26.9 Å². The first-order valence-electron chi connectivity index (χ1n) is 8.32. The Labute approximate surface area is 151 Å². The van der Waals surface area contributed by atoms with Crippen LogP contribution in [0.4, 0.5) is 0 Å². The van der Waals surface area contributed by atoms with Crippen molar-refractivity contribution in [3.05, 3.63) is 59.7 Å². The third-order valence-electron chi connectivity index (χ3n) is 4.38. The Kier molecular flexibility index (Phi) is 3.69. The number of fused-ring (bicyclic) bond motifs is 1. The maximum absolute atomic E-state index is 4.76. The summed E-state index contributed by atoms with van der Waals surface area (Å²) < 4.78 is 1.85. The average Bonchev–Trinajstić information content (AvgIpc) is 3.15. The van der Waals surface area contributed by atoms with E-state index in [9.17, 15) is 0 Å². The van der Waals surface area contributed by atoms with Crippen molar-refractivity contribution >= 4 is 16.3 Å². The van der Waals surface area contributed by atoms with Gasteiger partial charge in [-0.1, -0.05) is 80.6 Å². The molecule has 25 heavy (non-hydrogen) atoms. The van der Waals surface area contributed by atoms with Gasteiger partial charge < -0.3 is 0 Å². The van der Waals surface area contributed by atoms with Gasteiger partial charge in [-0.25, -0.2) is 0 Å². The summed E-state index contributed by atoms with van der Waals surface area (Å²) in [5.74, 6) is 0.784. The summed E-state index contributed by atoms with van der Waals surface area (Å²) in [4.78, 5) is 0.813. The molecule has 0 spiro atoms. The predicted molar refractivity (Wildman–Crippen MR) is 103 cm³/mol. The van der Waals surface area contributed by atoms with Gasteiger partial charge in [0.2, 0.25) is 4.96 Å². The molecule has 0 saturated carbocycles. The lowest BCUT2D eigenvalue weighted by Crippen LogP contribution is -2.10. The molecule has 4 rings (SSSR count). The van der Waals surface area contributed by atoms with Crippen molar-refractivity contribution in [3.63, 3.8) is 0 Å². The highest BCUT2D eigenvalue weighted by Crippen LogP contribution is 2.30. The number of hydrogen-bond acceptors (Lipinski definition) is 4. The third kappa shape index (κ3) is 2.85. The Morgan fingerprint density at radius 3 is 2.32 bits per heavy atom. The van der Waals surface area contributed by atoms with Gasteiger partial charge in [-0.15, -0.1) is 10.2 Å². The molecule has 0 atom stereocenters. The van der Waals surface area contributed by atoms with Crippen LogP contribution >= 0.6 is 11.3 Å². The molecule has 0 unspecified atom stereocenters. The molecule has 4 aromatic rings. The molecule has 0 aliphatic rings. The maximum atomic E-state index is 4.76.